The molecule has 0 aliphatic rings. The number of hydrogen-bond acceptors (Lipinski definition) is 1. The van der Waals surface area contributed by atoms with Gasteiger partial charge >= 0.3 is 0 Å². The molecular formula is C23H26ClFN2O. The van der Waals surface area contributed by atoms with E-state index in [-0.39, 0.29) is 12.6 Å². The summed E-state index contributed by atoms with van der Waals surface area (Å²) in [4.78, 5) is 13.1. The molecule has 1 amide bonds. The van der Waals surface area contributed by atoms with Crippen LogP contribution in [0.2, 0.25) is 5.02 Å². The first-order valence-electron chi connectivity index (χ1n) is 9.65. The van der Waals surface area contributed by atoms with E-state index in [1.807, 2.05) is 68.6 Å². The first-order valence-corrected chi connectivity index (χ1v) is 10.0. The number of nitrogens with zero attached hydrogens (tertiary/aromatic N) is 1. The van der Waals surface area contributed by atoms with E-state index in [4.69, 9.17) is 11.6 Å². The highest BCUT2D eigenvalue weighted by Gasteiger charge is 2.25. The summed E-state index contributed by atoms with van der Waals surface area (Å²) in [6, 6.07) is 15.4. The van der Waals surface area contributed by atoms with Crippen LogP contribution < -0.4 is 5.32 Å². The van der Waals surface area contributed by atoms with Crippen LogP contribution in [-0.4, -0.2) is 17.1 Å². The minimum Gasteiger partial charge on any atom is -0.347 e. The number of aryl methyl sites for hydroxylation is 1. The Morgan fingerprint density at radius 2 is 1.79 bits per heavy atom. The molecule has 1 heterocycles. The van der Waals surface area contributed by atoms with Gasteiger partial charge in [0, 0.05) is 28.7 Å². The van der Waals surface area contributed by atoms with Crippen LogP contribution in [0, 0.1) is 0 Å². The number of halogens is 2. The van der Waals surface area contributed by atoms with Gasteiger partial charge in [-0.2, -0.15) is 0 Å². The number of rotatable bonds is 8. The van der Waals surface area contributed by atoms with Gasteiger partial charge in [0.05, 0.1) is 17.8 Å². The van der Waals surface area contributed by atoms with E-state index < -0.39 is 5.54 Å². The molecule has 3 nitrogen and oxygen atoms in total. The monoisotopic (exact) mass is 400 g/mol. The van der Waals surface area contributed by atoms with Crippen molar-refractivity contribution in [2.75, 3.05) is 6.67 Å². The molecule has 0 atom stereocenters. The maximum Gasteiger partial charge on any atom is 0.254 e. The Hall–Kier alpha value is -2.33. The number of amides is 1. The summed E-state index contributed by atoms with van der Waals surface area (Å²) in [6.07, 6.45) is 4.23. The normalized spacial score (nSPS) is 11.7. The van der Waals surface area contributed by atoms with Crippen molar-refractivity contribution < 1.29 is 9.18 Å². The molecule has 5 heteroatoms. The Labute approximate surface area is 170 Å². The van der Waals surface area contributed by atoms with Crippen molar-refractivity contribution in [3.8, 4) is 0 Å². The second-order valence-corrected chi connectivity index (χ2v) is 8.03. The number of carbonyl (C=O) groups excluding carboxylic acids is 1. The van der Waals surface area contributed by atoms with Crippen molar-refractivity contribution in [2.45, 2.75) is 45.2 Å². The SMILES string of the molecule is CC(C)(NC(=O)c1cn(CCCCCF)c2ccccc12)c1ccc(Cl)cc1. The van der Waals surface area contributed by atoms with Crippen molar-refractivity contribution in [3.05, 3.63) is 70.9 Å². The van der Waals surface area contributed by atoms with Gasteiger partial charge in [0.2, 0.25) is 0 Å². The summed E-state index contributed by atoms with van der Waals surface area (Å²) in [5, 5.41) is 4.74. The molecule has 148 valence electrons. The van der Waals surface area contributed by atoms with Gasteiger partial charge in [-0.25, -0.2) is 0 Å². The summed E-state index contributed by atoms with van der Waals surface area (Å²) < 4.78 is 14.4. The zero-order valence-electron chi connectivity index (χ0n) is 16.3. The van der Waals surface area contributed by atoms with Crippen LogP contribution in [0.15, 0.2) is 54.7 Å². The average molecular weight is 401 g/mol. The minimum absolute atomic E-state index is 0.112. The molecule has 1 aromatic heterocycles. The van der Waals surface area contributed by atoms with E-state index in [9.17, 15) is 9.18 Å². The fourth-order valence-electron chi connectivity index (χ4n) is 3.46. The number of benzene rings is 2. The third kappa shape index (κ3) is 4.56. The Kier molecular flexibility index (Phi) is 6.40. The number of alkyl halides is 1. The fourth-order valence-corrected chi connectivity index (χ4v) is 3.58. The largest absolute Gasteiger partial charge is 0.347 e. The predicted molar refractivity (Wildman–Crippen MR) is 114 cm³/mol. The van der Waals surface area contributed by atoms with E-state index in [2.05, 4.69) is 9.88 Å². The molecule has 28 heavy (non-hydrogen) atoms. The number of nitrogens with one attached hydrogen (secondary N) is 1. The molecular weight excluding hydrogens is 375 g/mol. The number of fused-ring (bicyclic) bond motifs is 1. The summed E-state index contributed by atoms with van der Waals surface area (Å²) in [5.74, 6) is -0.112. The molecule has 0 aliphatic heterocycles. The highest BCUT2D eigenvalue weighted by molar-refractivity contribution is 6.30. The van der Waals surface area contributed by atoms with Crippen LogP contribution >= 0.6 is 11.6 Å². The molecule has 0 radical (unpaired) electrons. The number of aromatic nitrogens is 1. The molecule has 0 spiro atoms. The van der Waals surface area contributed by atoms with E-state index in [0.717, 1.165) is 35.9 Å². The van der Waals surface area contributed by atoms with Gasteiger partial charge in [-0.3, -0.25) is 9.18 Å². The van der Waals surface area contributed by atoms with Crippen molar-refractivity contribution in [2.24, 2.45) is 0 Å². The second kappa shape index (κ2) is 8.78. The second-order valence-electron chi connectivity index (χ2n) is 7.59. The van der Waals surface area contributed by atoms with Gasteiger partial charge in [-0.05, 0) is 56.9 Å². The van der Waals surface area contributed by atoms with Crippen molar-refractivity contribution in [1.82, 2.24) is 9.88 Å². The van der Waals surface area contributed by atoms with E-state index in [1.165, 1.54) is 0 Å². The van der Waals surface area contributed by atoms with Crippen LogP contribution in [0.1, 0.15) is 49.0 Å². The predicted octanol–water partition coefficient (Wildman–Crippen LogP) is 6.10. The Bertz CT molecular complexity index is 947. The highest BCUT2D eigenvalue weighted by atomic mass is 35.5. The van der Waals surface area contributed by atoms with E-state index in [1.54, 1.807) is 0 Å². The van der Waals surface area contributed by atoms with Crippen LogP contribution in [0.4, 0.5) is 4.39 Å². The lowest BCUT2D eigenvalue weighted by Gasteiger charge is -2.27. The molecule has 0 bridgehead atoms. The third-order valence-electron chi connectivity index (χ3n) is 5.06. The third-order valence-corrected chi connectivity index (χ3v) is 5.31. The quantitative estimate of drug-likeness (QED) is 0.455. The average Bonchev–Trinajstić information content (AvgIpc) is 3.04. The van der Waals surface area contributed by atoms with Crippen LogP contribution in [0.5, 0.6) is 0 Å². The molecule has 1 N–H and O–H groups in total. The van der Waals surface area contributed by atoms with Crippen molar-refractivity contribution in [3.63, 3.8) is 0 Å². The Morgan fingerprint density at radius 1 is 1.07 bits per heavy atom. The van der Waals surface area contributed by atoms with Crippen LogP contribution in [-0.2, 0) is 12.1 Å². The Balaban J connectivity index is 1.84. The van der Waals surface area contributed by atoms with Crippen molar-refractivity contribution >= 4 is 28.4 Å². The molecule has 0 saturated carbocycles. The van der Waals surface area contributed by atoms with Gasteiger partial charge in [0.15, 0.2) is 0 Å². The minimum atomic E-state index is -0.536. The van der Waals surface area contributed by atoms with Gasteiger partial charge in [-0.1, -0.05) is 41.9 Å². The number of carbonyl (C=O) groups is 1. The molecule has 0 saturated heterocycles. The van der Waals surface area contributed by atoms with Crippen molar-refractivity contribution in [1.29, 1.82) is 0 Å². The highest BCUT2D eigenvalue weighted by Crippen LogP contribution is 2.26. The molecule has 0 unspecified atom stereocenters. The summed E-state index contributed by atoms with van der Waals surface area (Å²) in [7, 11) is 0. The van der Waals surface area contributed by atoms with Gasteiger partial charge in [0.25, 0.3) is 5.91 Å². The Morgan fingerprint density at radius 3 is 2.50 bits per heavy atom. The molecule has 0 aliphatic carbocycles. The van der Waals surface area contributed by atoms with Crippen LogP contribution in [0.3, 0.4) is 0 Å². The smallest absolute Gasteiger partial charge is 0.254 e. The number of unbranched alkanes of at least 4 members (excludes halogenated alkanes) is 2. The summed E-state index contributed by atoms with van der Waals surface area (Å²) >= 11 is 5.98. The maximum atomic E-state index is 13.1. The number of hydrogen-bond donors (Lipinski definition) is 1. The standard InChI is InChI=1S/C23H26ClFN2O/c1-23(2,17-10-12-18(24)13-11-17)26-22(28)20-16-27(15-7-3-6-14-25)21-9-5-4-8-19(20)21/h4-5,8-13,16H,3,6-7,14-15H2,1-2H3,(H,26,28). The van der Waals surface area contributed by atoms with E-state index >= 15 is 0 Å². The zero-order chi connectivity index (χ0) is 20.1. The molecule has 0 fully saturated rings. The first-order chi connectivity index (χ1) is 13.4. The molecule has 3 aromatic rings. The van der Waals surface area contributed by atoms with Gasteiger partial charge < -0.3 is 9.88 Å². The summed E-state index contributed by atoms with van der Waals surface area (Å²) in [6.45, 7) is 4.45. The van der Waals surface area contributed by atoms with Gasteiger partial charge in [0.1, 0.15) is 0 Å². The first kappa shape index (κ1) is 20.4. The lowest BCUT2D eigenvalue weighted by Crippen LogP contribution is -2.40. The lowest BCUT2D eigenvalue weighted by molar-refractivity contribution is 0.0913. The molecule has 2 aromatic carbocycles. The summed E-state index contributed by atoms with van der Waals surface area (Å²) in [5.41, 5.74) is 2.13. The molecule has 3 rings (SSSR count). The van der Waals surface area contributed by atoms with E-state index in [0.29, 0.717) is 17.0 Å². The fraction of sp³-hybridized carbons (Fsp3) is 0.348. The maximum absolute atomic E-state index is 13.1. The topological polar surface area (TPSA) is 34.0 Å². The zero-order valence-corrected chi connectivity index (χ0v) is 17.1. The lowest BCUT2D eigenvalue weighted by atomic mass is 9.94. The number of para-hydroxylation sites is 1. The van der Waals surface area contributed by atoms with Gasteiger partial charge in [-0.15, -0.1) is 0 Å². The van der Waals surface area contributed by atoms with Crippen LogP contribution in [0.25, 0.3) is 10.9 Å².